The summed E-state index contributed by atoms with van der Waals surface area (Å²) in [5, 5.41) is 12.3. The Kier molecular flexibility index (Phi) is 5.66. The predicted octanol–water partition coefficient (Wildman–Crippen LogP) is 4.11. The molecule has 0 radical (unpaired) electrons. The average Bonchev–Trinajstić information content (AvgIpc) is 2.59. The van der Waals surface area contributed by atoms with Gasteiger partial charge in [-0.2, -0.15) is 0 Å². The largest absolute Gasteiger partial charge is 0.478 e. The van der Waals surface area contributed by atoms with Crippen molar-refractivity contribution in [2.45, 2.75) is 38.1 Å². The molecule has 0 aromatic heterocycles. The molecule has 2 N–H and O–H groups in total. The molecule has 0 saturated heterocycles. The molecule has 0 bridgehead atoms. The van der Waals surface area contributed by atoms with Crippen LogP contribution in [-0.2, 0) is 11.2 Å². The van der Waals surface area contributed by atoms with Gasteiger partial charge in [0.15, 0.2) is 0 Å². The second-order valence-corrected chi connectivity index (χ2v) is 6.75. The Morgan fingerprint density at radius 1 is 1.12 bits per heavy atom. The molecule has 1 aliphatic rings. The fraction of sp³-hybridized carbons (Fsp3) is 0.333. The first-order valence-electron chi connectivity index (χ1n) is 8.90. The van der Waals surface area contributed by atoms with Crippen LogP contribution in [0.3, 0.4) is 0 Å². The third kappa shape index (κ3) is 4.28. The van der Waals surface area contributed by atoms with Crippen LogP contribution in [0.2, 0.25) is 0 Å². The molecular weight excluding hydrogens is 333 g/mol. The number of benzene rings is 2. The molecule has 0 aliphatic heterocycles. The van der Waals surface area contributed by atoms with Gasteiger partial charge in [-0.15, -0.1) is 0 Å². The van der Waals surface area contributed by atoms with Crippen LogP contribution >= 0.6 is 0 Å². The van der Waals surface area contributed by atoms with Gasteiger partial charge < -0.3 is 10.4 Å². The van der Waals surface area contributed by atoms with Crippen molar-refractivity contribution in [3.8, 4) is 0 Å². The molecule has 2 aromatic carbocycles. The lowest BCUT2D eigenvalue weighted by molar-refractivity contribution is -0.122. The summed E-state index contributed by atoms with van der Waals surface area (Å²) in [6.07, 6.45) is 3.82. The first kappa shape index (κ1) is 18.1. The SMILES string of the molecule is O=C(CCc1ccccc1C(=O)O)NC(c1ccc(F)cc1)C1CCC1. The minimum absolute atomic E-state index is 0.119. The van der Waals surface area contributed by atoms with E-state index in [2.05, 4.69) is 5.32 Å². The molecule has 1 unspecified atom stereocenters. The molecule has 1 saturated carbocycles. The maximum Gasteiger partial charge on any atom is 0.335 e. The summed E-state index contributed by atoms with van der Waals surface area (Å²) in [6.45, 7) is 0. The highest BCUT2D eigenvalue weighted by Crippen LogP contribution is 2.37. The van der Waals surface area contributed by atoms with Gasteiger partial charge in [0, 0.05) is 6.42 Å². The predicted molar refractivity (Wildman–Crippen MR) is 96.3 cm³/mol. The van der Waals surface area contributed by atoms with E-state index in [0.29, 0.717) is 17.9 Å². The van der Waals surface area contributed by atoms with Gasteiger partial charge in [0.1, 0.15) is 5.82 Å². The van der Waals surface area contributed by atoms with Crippen LogP contribution in [0.5, 0.6) is 0 Å². The van der Waals surface area contributed by atoms with Crippen molar-refractivity contribution in [3.63, 3.8) is 0 Å². The molecule has 3 rings (SSSR count). The second kappa shape index (κ2) is 8.13. The average molecular weight is 355 g/mol. The van der Waals surface area contributed by atoms with E-state index in [9.17, 15) is 19.1 Å². The lowest BCUT2D eigenvalue weighted by Gasteiger charge is -2.34. The van der Waals surface area contributed by atoms with Crippen LogP contribution in [0, 0.1) is 11.7 Å². The van der Waals surface area contributed by atoms with E-state index in [-0.39, 0.29) is 29.8 Å². The number of hydrogen-bond donors (Lipinski definition) is 2. The zero-order valence-corrected chi connectivity index (χ0v) is 14.5. The Balaban J connectivity index is 1.65. The Morgan fingerprint density at radius 2 is 1.81 bits per heavy atom. The van der Waals surface area contributed by atoms with Crippen LogP contribution in [-0.4, -0.2) is 17.0 Å². The quantitative estimate of drug-likeness (QED) is 0.785. The first-order valence-corrected chi connectivity index (χ1v) is 8.90. The summed E-state index contributed by atoms with van der Waals surface area (Å²) in [7, 11) is 0. The molecule has 26 heavy (non-hydrogen) atoms. The lowest BCUT2D eigenvalue weighted by atomic mass is 9.77. The van der Waals surface area contributed by atoms with Crippen LogP contribution in [0.15, 0.2) is 48.5 Å². The van der Waals surface area contributed by atoms with Crippen molar-refractivity contribution in [2.24, 2.45) is 5.92 Å². The summed E-state index contributed by atoms with van der Waals surface area (Å²) >= 11 is 0. The maximum atomic E-state index is 13.2. The van der Waals surface area contributed by atoms with E-state index in [1.165, 1.54) is 12.1 Å². The number of amides is 1. The van der Waals surface area contributed by atoms with Crippen LogP contribution in [0.4, 0.5) is 4.39 Å². The number of carbonyl (C=O) groups excluding carboxylic acids is 1. The van der Waals surface area contributed by atoms with E-state index in [0.717, 1.165) is 24.8 Å². The number of halogens is 1. The number of nitrogens with one attached hydrogen (secondary N) is 1. The molecule has 0 heterocycles. The summed E-state index contributed by atoms with van der Waals surface area (Å²) < 4.78 is 13.2. The van der Waals surface area contributed by atoms with Gasteiger partial charge in [0.2, 0.25) is 5.91 Å². The standard InChI is InChI=1S/C21H22FNO3/c22-17-11-8-16(9-12-17)20(15-5-3-6-15)23-19(24)13-10-14-4-1-2-7-18(14)21(25)26/h1-2,4,7-9,11-12,15,20H,3,5-6,10,13H2,(H,23,24)(H,25,26). The Labute approximate surface area is 152 Å². The van der Waals surface area contributed by atoms with Crippen LogP contribution in [0.1, 0.15) is 53.2 Å². The third-order valence-corrected chi connectivity index (χ3v) is 5.04. The highest BCUT2D eigenvalue weighted by molar-refractivity contribution is 5.89. The Morgan fingerprint density at radius 3 is 2.42 bits per heavy atom. The van der Waals surface area contributed by atoms with E-state index >= 15 is 0 Å². The third-order valence-electron chi connectivity index (χ3n) is 5.04. The zero-order chi connectivity index (χ0) is 18.5. The molecule has 5 heteroatoms. The van der Waals surface area contributed by atoms with E-state index in [4.69, 9.17) is 0 Å². The molecule has 136 valence electrons. The van der Waals surface area contributed by atoms with E-state index in [1.54, 1.807) is 36.4 Å². The number of aryl methyl sites for hydroxylation is 1. The number of carboxylic acids is 1. The fourth-order valence-electron chi connectivity index (χ4n) is 3.36. The molecule has 1 amide bonds. The van der Waals surface area contributed by atoms with E-state index < -0.39 is 5.97 Å². The topological polar surface area (TPSA) is 66.4 Å². The summed E-state index contributed by atoms with van der Waals surface area (Å²) in [4.78, 5) is 23.7. The van der Waals surface area contributed by atoms with Crippen molar-refractivity contribution in [2.75, 3.05) is 0 Å². The smallest absolute Gasteiger partial charge is 0.335 e. The van der Waals surface area contributed by atoms with E-state index in [1.807, 2.05) is 0 Å². The molecule has 1 fully saturated rings. The monoisotopic (exact) mass is 355 g/mol. The van der Waals surface area contributed by atoms with Crippen molar-refractivity contribution < 1.29 is 19.1 Å². The molecule has 2 aromatic rings. The highest BCUT2D eigenvalue weighted by atomic mass is 19.1. The molecule has 4 nitrogen and oxygen atoms in total. The number of carbonyl (C=O) groups is 2. The molecular formula is C21H22FNO3. The number of rotatable bonds is 7. The minimum atomic E-state index is -0.986. The minimum Gasteiger partial charge on any atom is -0.478 e. The zero-order valence-electron chi connectivity index (χ0n) is 14.5. The number of hydrogen-bond acceptors (Lipinski definition) is 2. The van der Waals surface area contributed by atoms with Gasteiger partial charge in [-0.1, -0.05) is 36.8 Å². The van der Waals surface area contributed by atoms with Crippen molar-refractivity contribution in [1.82, 2.24) is 5.32 Å². The number of aromatic carboxylic acids is 1. The van der Waals surface area contributed by atoms with Gasteiger partial charge in [-0.3, -0.25) is 4.79 Å². The lowest BCUT2D eigenvalue weighted by Crippen LogP contribution is -2.36. The number of carboxylic acid groups (broad SMARTS) is 1. The van der Waals surface area contributed by atoms with Gasteiger partial charge in [-0.25, -0.2) is 9.18 Å². The summed E-state index contributed by atoms with van der Waals surface area (Å²) in [5.41, 5.74) is 1.79. The molecule has 0 spiro atoms. The normalized spacial score (nSPS) is 15.1. The van der Waals surface area contributed by atoms with Gasteiger partial charge in [0.05, 0.1) is 11.6 Å². The summed E-state index contributed by atoms with van der Waals surface area (Å²) in [5.74, 6) is -1.03. The molecule has 1 atom stereocenters. The maximum absolute atomic E-state index is 13.2. The second-order valence-electron chi connectivity index (χ2n) is 6.75. The van der Waals surface area contributed by atoms with Crippen molar-refractivity contribution in [3.05, 3.63) is 71.0 Å². The van der Waals surface area contributed by atoms with Gasteiger partial charge >= 0.3 is 5.97 Å². The van der Waals surface area contributed by atoms with Gasteiger partial charge in [0.25, 0.3) is 0 Å². The van der Waals surface area contributed by atoms with Crippen molar-refractivity contribution >= 4 is 11.9 Å². The van der Waals surface area contributed by atoms with Crippen LogP contribution in [0.25, 0.3) is 0 Å². The Bertz CT molecular complexity index is 784. The first-order chi connectivity index (χ1) is 12.5. The van der Waals surface area contributed by atoms with Gasteiger partial charge in [-0.05, 0) is 54.5 Å². The Hall–Kier alpha value is -2.69. The van der Waals surface area contributed by atoms with Crippen molar-refractivity contribution in [1.29, 1.82) is 0 Å². The fourth-order valence-corrected chi connectivity index (χ4v) is 3.36. The van der Waals surface area contributed by atoms with Crippen LogP contribution < -0.4 is 5.32 Å². The highest BCUT2D eigenvalue weighted by Gasteiger charge is 2.29. The molecule has 1 aliphatic carbocycles. The summed E-state index contributed by atoms with van der Waals surface area (Å²) in [6, 6.07) is 12.9.